The maximum atomic E-state index is 12.5. The molecule has 11 heteroatoms. The standard InChI is InChI=1S/C21H17ClN6O3S/c22-15-9-6-10-16(13-15)28-19(14-7-2-1-3-8-14)25-20(27-28)26-21(29)24-17-11-4-5-12-18(17)32(23,30)31/h1-13H,(H2,23,30,31)(H2,24,26,27,29). The van der Waals surface area contributed by atoms with Crippen LogP contribution in [0.5, 0.6) is 0 Å². The number of hydrogen-bond donors (Lipinski definition) is 3. The van der Waals surface area contributed by atoms with E-state index in [2.05, 4.69) is 20.7 Å². The van der Waals surface area contributed by atoms with E-state index in [0.29, 0.717) is 16.5 Å². The fourth-order valence-corrected chi connectivity index (χ4v) is 3.88. The molecular formula is C21H17ClN6O3S. The molecule has 1 heterocycles. The number of rotatable bonds is 5. The number of carbonyl (C=O) groups is 1. The van der Waals surface area contributed by atoms with Gasteiger partial charge in [-0.2, -0.15) is 4.98 Å². The number of para-hydroxylation sites is 1. The smallest absolute Gasteiger partial charge is 0.306 e. The largest absolute Gasteiger partial charge is 0.326 e. The Labute approximate surface area is 188 Å². The highest BCUT2D eigenvalue weighted by atomic mass is 35.5. The molecule has 0 saturated carbocycles. The molecule has 0 aliphatic carbocycles. The predicted molar refractivity (Wildman–Crippen MR) is 122 cm³/mol. The summed E-state index contributed by atoms with van der Waals surface area (Å²) in [5.41, 5.74) is 1.45. The third-order valence-electron chi connectivity index (χ3n) is 4.36. The number of amides is 2. The van der Waals surface area contributed by atoms with E-state index in [0.717, 1.165) is 5.56 Å². The van der Waals surface area contributed by atoms with Crippen molar-refractivity contribution >= 4 is 39.3 Å². The van der Waals surface area contributed by atoms with Crippen LogP contribution in [0.3, 0.4) is 0 Å². The van der Waals surface area contributed by atoms with Crippen molar-refractivity contribution in [3.8, 4) is 17.1 Å². The first kappa shape index (κ1) is 21.5. The van der Waals surface area contributed by atoms with Gasteiger partial charge in [0.1, 0.15) is 4.90 Å². The van der Waals surface area contributed by atoms with Crippen LogP contribution >= 0.6 is 11.6 Å². The van der Waals surface area contributed by atoms with E-state index in [-0.39, 0.29) is 16.5 Å². The highest BCUT2D eigenvalue weighted by Gasteiger charge is 2.18. The highest BCUT2D eigenvalue weighted by molar-refractivity contribution is 7.89. The Morgan fingerprint density at radius 3 is 2.38 bits per heavy atom. The molecule has 0 atom stereocenters. The minimum absolute atomic E-state index is 0.00872. The van der Waals surface area contributed by atoms with Gasteiger partial charge in [-0.05, 0) is 30.3 Å². The van der Waals surface area contributed by atoms with Crippen molar-refractivity contribution in [2.45, 2.75) is 4.90 Å². The van der Waals surface area contributed by atoms with Crippen molar-refractivity contribution < 1.29 is 13.2 Å². The Morgan fingerprint density at radius 1 is 0.938 bits per heavy atom. The van der Waals surface area contributed by atoms with E-state index < -0.39 is 16.1 Å². The van der Waals surface area contributed by atoms with Crippen molar-refractivity contribution in [1.82, 2.24) is 14.8 Å². The summed E-state index contributed by atoms with van der Waals surface area (Å²) in [6.45, 7) is 0. The van der Waals surface area contributed by atoms with Crippen LogP contribution in [-0.2, 0) is 10.0 Å². The Bertz CT molecular complexity index is 1390. The van der Waals surface area contributed by atoms with Crippen molar-refractivity contribution in [3.05, 3.63) is 83.9 Å². The SMILES string of the molecule is NS(=O)(=O)c1ccccc1NC(=O)Nc1nc(-c2ccccc2)n(-c2cccc(Cl)c2)n1. The lowest BCUT2D eigenvalue weighted by Crippen LogP contribution is -2.23. The van der Waals surface area contributed by atoms with Gasteiger partial charge in [-0.1, -0.05) is 60.1 Å². The van der Waals surface area contributed by atoms with Gasteiger partial charge in [0, 0.05) is 10.6 Å². The second kappa shape index (κ2) is 8.79. The number of nitrogens with two attached hydrogens (primary N) is 1. The Morgan fingerprint density at radius 2 is 1.66 bits per heavy atom. The summed E-state index contributed by atoms with van der Waals surface area (Å²) in [5, 5.41) is 15.1. The summed E-state index contributed by atoms with van der Waals surface area (Å²) in [6, 6.07) is 21.4. The van der Waals surface area contributed by atoms with E-state index in [9.17, 15) is 13.2 Å². The van der Waals surface area contributed by atoms with Gasteiger partial charge in [0.25, 0.3) is 5.95 Å². The normalized spacial score (nSPS) is 11.2. The van der Waals surface area contributed by atoms with Gasteiger partial charge in [-0.25, -0.2) is 23.0 Å². The molecule has 0 unspecified atom stereocenters. The molecule has 4 N–H and O–H groups in total. The molecular weight excluding hydrogens is 452 g/mol. The Balaban J connectivity index is 1.66. The molecule has 0 fully saturated rings. The summed E-state index contributed by atoms with van der Waals surface area (Å²) in [5.74, 6) is 0.488. The first-order valence-corrected chi connectivity index (χ1v) is 11.2. The number of primary sulfonamides is 1. The Hall–Kier alpha value is -3.73. The summed E-state index contributed by atoms with van der Waals surface area (Å²) in [4.78, 5) is 16.8. The van der Waals surface area contributed by atoms with Gasteiger partial charge in [0.2, 0.25) is 10.0 Å². The topological polar surface area (TPSA) is 132 Å². The van der Waals surface area contributed by atoms with Gasteiger partial charge in [-0.3, -0.25) is 5.32 Å². The molecule has 0 bridgehead atoms. The van der Waals surface area contributed by atoms with E-state index in [1.165, 1.54) is 18.2 Å². The van der Waals surface area contributed by atoms with Crippen LogP contribution in [-0.4, -0.2) is 29.2 Å². The number of sulfonamides is 1. The number of nitrogens with one attached hydrogen (secondary N) is 2. The molecule has 2 amide bonds. The zero-order valence-electron chi connectivity index (χ0n) is 16.4. The maximum Gasteiger partial charge on any atom is 0.326 e. The van der Waals surface area contributed by atoms with Crippen LogP contribution in [0, 0.1) is 0 Å². The van der Waals surface area contributed by atoms with Crippen molar-refractivity contribution in [2.75, 3.05) is 10.6 Å². The van der Waals surface area contributed by atoms with Gasteiger partial charge in [0.05, 0.1) is 11.4 Å². The molecule has 4 aromatic rings. The molecule has 0 aliphatic rings. The molecule has 0 spiro atoms. The molecule has 0 saturated heterocycles. The second-order valence-corrected chi connectivity index (χ2v) is 8.60. The van der Waals surface area contributed by atoms with E-state index in [4.69, 9.17) is 16.7 Å². The number of carbonyl (C=O) groups excluding carboxylic acids is 1. The van der Waals surface area contributed by atoms with Gasteiger partial charge >= 0.3 is 6.03 Å². The fourth-order valence-electron chi connectivity index (χ4n) is 3.00. The molecule has 1 aromatic heterocycles. The van der Waals surface area contributed by atoms with Crippen LogP contribution in [0.25, 0.3) is 17.1 Å². The van der Waals surface area contributed by atoms with Crippen LogP contribution in [0.1, 0.15) is 0 Å². The van der Waals surface area contributed by atoms with Crippen molar-refractivity contribution in [3.63, 3.8) is 0 Å². The van der Waals surface area contributed by atoms with Crippen LogP contribution in [0.2, 0.25) is 5.02 Å². The summed E-state index contributed by atoms with van der Waals surface area (Å²) < 4.78 is 25.1. The van der Waals surface area contributed by atoms with Crippen LogP contribution < -0.4 is 15.8 Å². The average Bonchev–Trinajstić information content (AvgIpc) is 3.17. The highest BCUT2D eigenvalue weighted by Crippen LogP contribution is 2.24. The molecule has 4 rings (SSSR count). The monoisotopic (exact) mass is 468 g/mol. The molecule has 9 nitrogen and oxygen atoms in total. The Kier molecular flexibility index (Phi) is 5.91. The summed E-state index contributed by atoms with van der Waals surface area (Å²) >= 11 is 6.13. The van der Waals surface area contributed by atoms with Gasteiger partial charge in [0.15, 0.2) is 5.82 Å². The van der Waals surface area contributed by atoms with Gasteiger partial charge < -0.3 is 5.32 Å². The maximum absolute atomic E-state index is 12.5. The lowest BCUT2D eigenvalue weighted by atomic mass is 10.2. The van der Waals surface area contributed by atoms with Crippen molar-refractivity contribution in [2.24, 2.45) is 5.14 Å². The number of hydrogen-bond acceptors (Lipinski definition) is 5. The first-order chi connectivity index (χ1) is 15.3. The number of urea groups is 1. The van der Waals surface area contributed by atoms with E-state index in [1.54, 1.807) is 35.0 Å². The third kappa shape index (κ3) is 4.78. The van der Waals surface area contributed by atoms with Gasteiger partial charge in [-0.15, -0.1) is 5.10 Å². The number of nitrogens with zero attached hydrogens (tertiary/aromatic N) is 3. The number of halogens is 1. The van der Waals surface area contributed by atoms with E-state index >= 15 is 0 Å². The third-order valence-corrected chi connectivity index (χ3v) is 5.56. The molecule has 32 heavy (non-hydrogen) atoms. The second-order valence-electron chi connectivity index (χ2n) is 6.64. The van der Waals surface area contributed by atoms with Crippen molar-refractivity contribution in [1.29, 1.82) is 0 Å². The summed E-state index contributed by atoms with van der Waals surface area (Å²) in [7, 11) is -4.02. The lowest BCUT2D eigenvalue weighted by Gasteiger charge is -2.09. The zero-order chi connectivity index (χ0) is 22.7. The number of aromatic nitrogens is 3. The minimum atomic E-state index is -4.02. The lowest BCUT2D eigenvalue weighted by molar-refractivity contribution is 0.262. The quantitative estimate of drug-likeness (QED) is 0.409. The summed E-state index contributed by atoms with van der Waals surface area (Å²) in [6.07, 6.45) is 0. The zero-order valence-corrected chi connectivity index (χ0v) is 18.0. The number of benzene rings is 3. The fraction of sp³-hybridized carbons (Fsp3) is 0. The number of anilines is 2. The predicted octanol–water partition coefficient (Wildman–Crippen LogP) is 3.88. The van der Waals surface area contributed by atoms with E-state index in [1.807, 2.05) is 30.3 Å². The molecule has 0 aliphatic heterocycles. The molecule has 162 valence electrons. The molecule has 0 radical (unpaired) electrons. The van der Waals surface area contributed by atoms with Crippen LogP contribution in [0.15, 0.2) is 83.8 Å². The average molecular weight is 469 g/mol. The first-order valence-electron chi connectivity index (χ1n) is 9.29. The van der Waals surface area contributed by atoms with Crippen LogP contribution in [0.4, 0.5) is 16.4 Å². The minimum Gasteiger partial charge on any atom is -0.306 e. The molecule has 3 aromatic carbocycles.